The molecule has 0 N–H and O–H groups in total. The van der Waals surface area contributed by atoms with Crippen LogP contribution in [0.2, 0.25) is 0 Å². The summed E-state index contributed by atoms with van der Waals surface area (Å²) in [6.07, 6.45) is 0.744. The van der Waals surface area contributed by atoms with Crippen molar-refractivity contribution in [2.75, 3.05) is 21.3 Å². The molecular formula is C27H25BrO4. The smallest absolute Gasteiger partial charge is 0.152 e. The number of Topliss-reactive ketones (excluding diaryl/α,β-unsaturated/α-hetero) is 1. The van der Waals surface area contributed by atoms with Gasteiger partial charge in [-0.15, -0.1) is 0 Å². The quantitative estimate of drug-likeness (QED) is 0.406. The highest BCUT2D eigenvalue weighted by molar-refractivity contribution is 9.10. The number of methoxy groups -OCH3 is 3. The standard InChI is InChI=1S/C27H25BrO4/c1-17(22-15-21(31-3)11-12-23(22)28)16-27(19-8-6-9-20(14-19)30-2)25(29)13-18-7-5-10-24(32-4)26(18)27/h5-12,14-15H,1,13,16H2,2-4H3/t27-/m1/s1. The molecule has 1 aliphatic rings. The van der Waals surface area contributed by atoms with Crippen LogP contribution in [0.15, 0.2) is 71.7 Å². The van der Waals surface area contributed by atoms with Crippen LogP contribution in [-0.2, 0) is 16.6 Å². The summed E-state index contributed by atoms with van der Waals surface area (Å²) in [7, 11) is 4.90. The second-order valence-electron chi connectivity index (χ2n) is 7.86. The zero-order chi connectivity index (χ0) is 22.9. The number of hydrogen-bond acceptors (Lipinski definition) is 4. The van der Waals surface area contributed by atoms with Gasteiger partial charge in [0.25, 0.3) is 0 Å². The molecular weight excluding hydrogens is 468 g/mol. The zero-order valence-corrected chi connectivity index (χ0v) is 20.0. The summed E-state index contributed by atoms with van der Waals surface area (Å²) in [5, 5.41) is 0. The summed E-state index contributed by atoms with van der Waals surface area (Å²) in [6, 6.07) is 19.3. The Morgan fingerprint density at radius 3 is 2.41 bits per heavy atom. The van der Waals surface area contributed by atoms with E-state index in [1.165, 1.54) is 0 Å². The van der Waals surface area contributed by atoms with Crippen molar-refractivity contribution in [2.24, 2.45) is 0 Å². The van der Waals surface area contributed by atoms with E-state index in [0.29, 0.717) is 24.3 Å². The Morgan fingerprint density at radius 1 is 0.969 bits per heavy atom. The van der Waals surface area contributed by atoms with Crippen molar-refractivity contribution in [1.29, 1.82) is 0 Å². The molecule has 0 aliphatic heterocycles. The largest absolute Gasteiger partial charge is 0.497 e. The van der Waals surface area contributed by atoms with Crippen LogP contribution in [0.25, 0.3) is 5.57 Å². The summed E-state index contributed by atoms with van der Waals surface area (Å²) in [5.74, 6) is 2.25. The molecule has 1 aliphatic carbocycles. The fourth-order valence-corrected chi connectivity index (χ4v) is 5.17. The molecule has 164 valence electrons. The first kappa shape index (κ1) is 22.2. The Labute approximate surface area is 197 Å². The highest BCUT2D eigenvalue weighted by Gasteiger charge is 2.50. The molecule has 0 spiro atoms. The van der Waals surface area contributed by atoms with Crippen molar-refractivity contribution in [3.05, 3.63) is 94.0 Å². The van der Waals surface area contributed by atoms with Gasteiger partial charge < -0.3 is 14.2 Å². The van der Waals surface area contributed by atoms with E-state index in [1.807, 2.05) is 60.7 Å². The SMILES string of the molecule is C=C(C[C@@]1(c2cccc(OC)c2)C(=O)Cc2cccc(OC)c21)c1cc(OC)ccc1Br. The van der Waals surface area contributed by atoms with Crippen LogP contribution in [-0.4, -0.2) is 27.1 Å². The molecule has 0 fully saturated rings. The van der Waals surface area contributed by atoms with Gasteiger partial charge in [-0.25, -0.2) is 0 Å². The van der Waals surface area contributed by atoms with E-state index in [1.54, 1.807) is 21.3 Å². The van der Waals surface area contributed by atoms with Crippen molar-refractivity contribution < 1.29 is 19.0 Å². The minimum absolute atomic E-state index is 0.116. The van der Waals surface area contributed by atoms with Gasteiger partial charge in [-0.05, 0) is 65.1 Å². The lowest BCUT2D eigenvalue weighted by atomic mass is 9.69. The van der Waals surface area contributed by atoms with Gasteiger partial charge in [0.15, 0.2) is 5.78 Å². The number of ketones is 1. The summed E-state index contributed by atoms with van der Waals surface area (Å²) in [5.41, 5.74) is 3.55. The third-order valence-electron chi connectivity index (χ3n) is 6.18. The number of allylic oxidation sites excluding steroid dienone is 1. The Kier molecular flexibility index (Phi) is 6.11. The average Bonchev–Trinajstić information content (AvgIpc) is 3.11. The average molecular weight is 493 g/mol. The van der Waals surface area contributed by atoms with Crippen LogP contribution < -0.4 is 14.2 Å². The number of carbonyl (C=O) groups is 1. The lowest BCUT2D eigenvalue weighted by molar-refractivity contribution is -0.121. The van der Waals surface area contributed by atoms with E-state index in [0.717, 1.165) is 38.0 Å². The molecule has 0 bridgehead atoms. The highest BCUT2D eigenvalue weighted by Crippen LogP contribution is 2.51. The van der Waals surface area contributed by atoms with Crippen LogP contribution in [0.5, 0.6) is 17.2 Å². The molecule has 32 heavy (non-hydrogen) atoms. The molecule has 0 unspecified atom stereocenters. The molecule has 3 aromatic rings. The van der Waals surface area contributed by atoms with Gasteiger partial charge in [-0.2, -0.15) is 0 Å². The molecule has 5 heteroatoms. The van der Waals surface area contributed by atoms with Crippen LogP contribution in [0.4, 0.5) is 0 Å². The maximum atomic E-state index is 13.8. The number of carbonyl (C=O) groups excluding carboxylic acids is 1. The van der Waals surface area contributed by atoms with Crippen molar-refractivity contribution in [3.63, 3.8) is 0 Å². The number of halogens is 1. The molecule has 3 aromatic carbocycles. The van der Waals surface area contributed by atoms with Crippen LogP contribution >= 0.6 is 15.9 Å². The number of fused-ring (bicyclic) bond motifs is 1. The zero-order valence-electron chi connectivity index (χ0n) is 18.4. The Bertz CT molecular complexity index is 1200. The van der Waals surface area contributed by atoms with Crippen LogP contribution in [0, 0.1) is 0 Å². The summed E-state index contributed by atoms with van der Waals surface area (Å²) >= 11 is 3.64. The van der Waals surface area contributed by atoms with Gasteiger partial charge in [-0.3, -0.25) is 4.79 Å². The second-order valence-corrected chi connectivity index (χ2v) is 8.71. The molecule has 0 aromatic heterocycles. The number of hydrogen-bond donors (Lipinski definition) is 0. The van der Waals surface area contributed by atoms with Crippen molar-refractivity contribution >= 4 is 27.3 Å². The van der Waals surface area contributed by atoms with Crippen LogP contribution in [0.1, 0.15) is 28.7 Å². The third-order valence-corrected chi connectivity index (χ3v) is 6.87. The number of benzene rings is 3. The van der Waals surface area contributed by atoms with Gasteiger partial charge in [0.05, 0.1) is 26.7 Å². The lowest BCUT2D eigenvalue weighted by Crippen LogP contribution is -2.34. The highest BCUT2D eigenvalue weighted by atomic mass is 79.9. The minimum atomic E-state index is -0.934. The maximum absolute atomic E-state index is 13.8. The molecule has 0 radical (unpaired) electrons. The third kappa shape index (κ3) is 3.61. The van der Waals surface area contributed by atoms with E-state index in [9.17, 15) is 4.79 Å². The number of rotatable bonds is 7. The predicted octanol–water partition coefficient (Wildman–Crippen LogP) is 5.99. The Morgan fingerprint density at radius 2 is 1.69 bits per heavy atom. The van der Waals surface area contributed by atoms with Crippen molar-refractivity contribution in [2.45, 2.75) is 18.3 Å². The van der Waals surface area contributed by atoms with E-state index >= 15 is 0 Å². The molecule has 1 atom stereocenters. The summed E-state index contributed by atoms with van der Waals surface area (Å²) in [6.45, 7) is 4.39. The first-order chi connectivity index (χ1) is 15.4. The summed E-state index contributed by atoms with van der Waals surface area (Å²) in [4.78, 5) is 13.8. The summed E-state index contributed by atoms with van der Waals surface area (Å²) < 4.78 is 17.5. The van der Waals surface area contributed by atoms with Crippen LogP contribution in [0.3, 0.4) is 0 Å². The van der Waals surface area contributed by atoms with Crippen molar-refractivity contribution in [3.8, 4) is 17.2 Å². The lowest BCUT2D eigenvalue weighted by Gasteiger charge is -2.32. The van der Waals surface area contributed by atoms with Gasteiger partial charge in [0.2, 0.25) is 0 Å². The first-order valence-electron chi connectivity index (χ1n) is 10.3. The van der Waals surface area contributed by atoms with E-state index in [4.69, 9.17) is 14.2 Å². The monoisotopic (exact) mass is 492 g/mol. The van der Waals surface area contributed by atoms with Gasteiger partial charge >= 0.3 is 0 Å². The maximum Gasteiger partial charge on any atom is 0.152 e. The topological polar surface area (TPSA) is 44.8 Å². The molecule has 4 nitrogen and oxygen atoms in total. The minimum Gasteiger partial charge on any atom is -0.497 e. The van der Waals surface area contributed by atoms with Gasteiger partial charge in [-0.1, -0.05) is 46.8 Å². The Hall–Kier alpha value is -3.05. The van der Waals surface area contributed by atoms with E-state index in [2.05, 4.69) is 22.5 Å². The molecule has 0 saturated heterocycles. The number of ether oxygens (including phenoxy) is 3. The fourth-order valence-electron chi connectivity index (χ4n) is 4.64. The van der Waals surface area contributed by atoms with Crippen molar-refractivity contribution in [1.82, 2.24) is 0 Å². The van der Waals surface area contributed by atoms with Gasteiger partial charge in [0, 0.05) is 16.5 Å². The van der Waals surface area contributed by atoms with E-state index in [-0.39, 0.29) is 5.78 Å². The predicted molar refractivity (Wildman–Crippen MR) is 130 cm³/mol. The fraction of sp³-hybridized carbons (Fsp3) is 0.222. The molecule has 0 amide bonds. The molecule has 0 heterocycles. The first-order valence-corrected chi connectivity index (χ1v) is 11.1. The second kappa shape index (κ2) is 8.83. The molecule has 0 saturated carbocycles. The van der Waals surface area contributed by atoms with Gasteiger partial charge in [0.1, 0.15) is 17.2 Å². The normalized spacial score (nSPS) is 17.1. The Balaban J connectivity index is 1.93. The molecule has 4 rings (SSSR count). The van der Waals surface area contributed by atoms with E-state index < -0.39 is 5.41 Å².